The smallest absolute Gasteiger partial charge is 0.418 e. The van der Waals surface area contributed by atoms with Crippen LogP contribution in [0.1, 0.15) is 157 Å². The Morgan fingerprint density at radius 1 is 0.580 bits per heavy atom. The van der Waals surface area contributed by atoms with E-state index in [9.17, 15) is 23.1 Å². The van der Waals surface area contributed by atoms with Crippen molar-refractivity contribution in [2.24, 2.45) is 23.2 Å². The molecule has 0 unspecified atom stereocenters. The van der Waals surface area contributed by atoms with Crippen LogP contribution in [0.15, 0.2) is 164 Å². The number of benzene rings is 7. The number of aliphatic hydroxyl groups is 1. The largest absolute Gasteiger partial charge is 0.512 e. The Kier molecular flexibility index (Phi) is 22.5. The molecule has 9 heteroatoms. The molecule has 4 nitrogen and oxygen atoms in total. The molecule has 1 radical (unpaired) electrons. The summed E-state index contributed by atoms with van der Waals surface area (Å²) in [4.78, 5) is 20.9. The molecule has 10 rings (SSSR count). The summed E-state index contributed by atoms with van der Waals surface area (Å²) in [7, 11) is 0. The van der Waals surface area contributed by atoms with E-state index < -0.39 is 11.7 Å². The molecule has 7 aromatic carbocycles. The number of pyridine rings is 2. The maximum Gasteiger partial charge on any atom is 0.418 e. The number of aromatic nitrogens is 2. The minimum atomic E-state index is -4.54. The van der Waals surface area contributed by atoms with Crippen molar-refractivity contribution in [2.75, 3.05) is 0 Å². The number of halogens is 3. The number of hydrogen-bond donors (Lipinski definition) is 1. The van der Waals surface area contributed by atoms with E-state index in [4.69, 9.17) is 4.98 Å². The molecular weight excluding hydrogens is 1290 g/mol. The summed E-state index contributed by atoms with van der Waals surface area (Å²) < 4.78 is 45.1. The summed E-state index contributed by atoms with van der Waals surface area (Å²) in [6.07, 6.45) is 5.35. The molecule has 3 aromatic heterocycles. The molecule has 0 aliphatic rings. The van der Waals surface area contributed by atoms with Crippen LogP contribution in [-0.2, 0) is 54.7 Å². The normalized spacial score (nSPS) is 12.4. The van der Waals surface area contributed by atoms with E-state index in [1.165, 1.54) is 48.3 Å². The van der Waals surface area contributed by atoms with Crippen LogP contribution in [0.25, 0.3) is 86.5 Å². The molecule has 3 heterocycles. The minimum absolute atomic E-state index is 0. The monoisotopic (exact) mass is 1380 g/mol. The number of allylic oxidation sites excluding steroid dienone is 2. The first-order valence-corrected chi connectivity index (χ1v) is 31.9. The molecular formula is C79H87F3IrN2O2S-2. The maximum atomic E-state index is 14.1. The van der Waals surface area contributed by atoms with Gasteiger partial charge in [0.2, 0.25) is 0 Å². The average Bonchev–Trinajstić information content (AvgIpc) is 1.45. The number of fused-ring (bicyclic) bond motifs is 5. The zero-order chi connectivity index (χ0) is 63.2. The van der Waals surface area contributed by atoms with Gasteiger partial charge < -0.3 is 5.11 Å². The van der Waals surface area contributed by atoms with Crippen molar-refractivity contribution < 1.29 is 43.2 Å². The van der Waals surface area contributed by atoms with E-state index in [0.717, 1.165) is 88.8 Å². The van der Waals surface area contributed by atoms with E-state index in [-0.39, 0.29) is 65.3 Å². The third-order valence-electron chi connectivity index (χ3n) is 16.3. The second-order valence-electron chi connectivity index (χ2n) is 26.9. The third-order valence-corrected chi connectivity index (χ3v) is 17.6. The van der Waals surface area contributed by atoms with Crippen molar-refractivity contribution in [3.8, 4) is 44.8 Å². The second-order valence-corrected chi connectivity index (χ2v) is 28.0. The van der Waals surface area contributed by atoms with E-state index in [2.05, 4.69) is 178 Å². The van der Waals surface area contributed by atoms with Crippen LogP contribution in [0.2, 0.25) is 0 Å². The zero-order valence-electron chi connectivity index (χ0n) is 54.1. The molecule has 88 heavy (non-hydrogen) atoms. The quantitative estimate of drug-likeness (QED) is 0.0669. The minimum Gasteiger partial charge on any atom is -0.512 e. The first kappa shape index (κ1) is 68.7. The summed E-state index contributed by atoms with van der Waals surface area (Å²) in [6, 6.07) is 54.1. The van der Waals surface area contributed by atoms with Gasteiger partial charge in [-0.05, 0) is 106 Å². The number of ketones is 1. The Balaban J connectivity index is 0.000000207. The number of nitrogens with zero attached hydrogens (tertiary/aromatic N) is 2. The van der Waals surface area contributed by atoms with Gasteiger partial charge in [0.25, 0.3) is 0 Å². The molecule has 1 N–H and O–H groups in total. The number of rotatable bonds is 14. The van der Waals surface area contributed by atoms with E-state index in [1.54, 1.807) is 18.2 Å². The molecule has 0 aliphatic heterocycles. The summed E-state index contributed by atoms with van der Waals surface area (Å²) in [5.74, 6) is 1.18. The van der Waals surface area contributed by atoms with E-state index in [0.29, 0.717) is 22.7 Å². The SMILES string of the molecule is CC(C)(C)Cc1ccc(-c2ccc(-c3cc(-c4[c-]c5ccccc5c(C(C)(C)C)c4)ncc3C(F)(F)F)cc2)cc1.CC(C)Cc1cccc2c1sc1c(-c3[c-]c4ccccc4c(C(C)(C)C)c3)nccc12.CCC(CC)C(=O)/C=C(\O)C(CC)CC.[Ir]. The molecule has 0 amide bonds. The molecule has 0 saturated heterocycles. The standard InChI is InChI=1S/C37H35F3N.C29H28NS.C13H24O2.Ir/c1-35(2,3)22-24-11-13-25(14-12-24)26-15-17-27(18-16-26)31-21-34(41-23-33(31)37(38,39)40)29-19-28-9-7-8-10-30(28)32(20-29)36(4,5)6;1-18(2)15-20-10-8-12-23-24-13-14-30-26(28(24)31-27(20)23)21-16-19-9-6-7-11-22(19)25(17-21)29(3,4)5;1-5-10(6-2)12(14)9-13(15)11(7-3)8-4;/h7-18,20-21,23H,22H2,1-6H3;6-14,17-18H,15H2,1-5H3;9-11,14H,5-8H2,1-4H3;/q2*-1;;/b;;12-9-;. The predicted octanol–water partition coefficient (Wildman–Crippen LogP) is 23.4. The molecule has 0 atom stereocenters. The van der Waals surface area contributed by atoms with Gasteiger partial charge in [0.05, 0.1) is 11.3 Å². The number of aliphatic hydroxyl groups excluding tert-OH is 1. The van der Waals surface area contributed by atoms with Gasteiger partial charge in [-0.3, -0.25) is 14.8 Å². The Hall–Kier alpha value is -6.77. The Labute approximate surface area is 539 Å². The number of thiophene rings is 1. The average molecular weight is 1380 g/mol. The third kappa shape index (κ3) is 16.5. The molecule has 0 fully saturated rings. The second kappa shape index (κ2) is 28.8. The van der Waals surface area contributed by atoms with Gasteiger partial charge >= 0.3 is 6.18 Å². The van der Waals surface area contributed by atoms with Gasteiger partial charge in [0.15, 0.2) is 5.78 Å². The number of hydrogen-bond acceptors (Lipinski definition) is 5. The molecule has 0 saturated carbocycles. The van der Waals surface area contributed by atoms with Crippen LogP contribution < -0.4 is 0 Å². The van der Waals surface area contributed by atoms with E-state index in [1.807, 2.05) is 81.6 Å². The fraction of sp³-hybridized carbons (Fsp3) is 0.354. The topological polar surface area (TPSA) is 63.1 Å². The van der Waals surface area contributed by atoms with Crippen LogP contribution in [-0.4, -0.2) is 20.9 Å². The van der Waals surface area contributed by atoms with Crippen molar-refractivity contribution >= 4 is 58.8 Å². The Morgan fingerprint density at radius 2 is 1.08 bits per heavy atom. The molecule has 0 aliphatic carbocycles. The van der Waals surface area contributed by atoms with Gasteiger partial charge in [-0.25, -0.2) is 0 Å². The summed E-state index contributed by atoms with van der Waals surface area (Å²) in [5, 5.41) is 16.8. The van der Waals surface area contributed by atoms with Crippen molar-refractivity contribution in [1.82, 2.24) is 9.97 Å². The van der Waals surface area contributed by atoms with E-state index >= 15 is 0 Å². The summed E-state index contributed by atoms with van der Waals surface area (Å²) in [6.45, 7) is 32.5. The molecule has 463 valence electrons. The van der Waals surface area contributed by atoms with Gasteiger partial charge in [-0.2, -0.15) is 13.2 Å². The van der Waals surface area contributed by atoms with Gasteiger partial charge in [0, 0.05) is 76.6 Å². The first-order valence-electron chi connectivity index (χ1n) is 31.0. The molecule has 0 spiro atoms. The Morgan fingerprint density at radius 3 is 1.60 bits per heavy atom. The zero-order valence-corrected chi connectivity index (χ0v) is 57.3. The van der Waals surface area contributed by atoms with Crippen LogP contribution in [0, 0.1) is 35.3 Å². The van der Waals surface area contributed by atoms with Crippen LogP contribution in [0.3, 0.4) is 0 Å². The predicted molar refractivity (Wildman–Crippen MR) is 364 cm³/mol. The molecule has 0 bridgehead atoms. The van der Waals surface area contributed by atoms with Crippen LogP contribution in [0.4, 0.5) is 13.2 Å². The number of carbonyl (C=O) groups is 1. The summed E-state index contributed by atoms with van der Waals surface area (Å²) >= 11 is 1.89. The van der Waals surface area contributed by atoms with Crippen molar-refractivity contribution in [2.45, 2.75) is 159 Å². The fourth-order valence-electron chi connectivity index (χ4n) is 11.7. The van der Waals surface area contributed by atoms with Gasteiger partial charge in [-0.1, -0.05) is 235 Å². The fourth-order valence-corrected chi connectivity index (χ4v) is 13.0. The van der Waals surface area contributed by atoms with Crippen molar-refractivity contribution in [1.29, 1.82) is 0 Å². The van der Waals surface area contributed by atoms with Crippen LogP contribution >= 0.6 is 11.3 Å². The molecule has 10 aromatic rings. The Bertz CT molecular complexity index is 4030. The maximum absolute atomic E-state index is 14.1. The van der Waals surface area contributed by atoms with Gasteiger partial charge in [0.1, 0.15) is 0 Å². The van der Waals surface area contributed by atoms with Gasteiger partial charge in [-0.15, -0.1) is 69.6 Å². The van der Waals surface area contributed by atoms with Crippen LogP contribution in [0.5, 0.6) is 0 Å². The number of alkyl halides is 3. The van der Waals surface area contributed by atoms with Crippen molar-refractivity contribution in [3.05, 3.63) is 204 Å². The first-order chi connectivity index (χ1) is 41.1. The summed E-state index contributed by atoms with van der Waals surface area (Å²) in [5.41, 5.74) is 10.3. The number of carbonyl (C=O) groups excluding carboxylic acids is 1. The van der Waals surface area contributed by atoms with Crippen molar-refractivity contribution in [3.63, 3.8) is 0 Å².